The number of rotatable bonds is 2. The minimum Gasteiger partial charge on any atom is -0.423 e. The molecule has 0 saturated heterocycles. The number of benzene rings is 2. The van der Waals surface area contributed by atoms with Crippen LogP contribution in [0.2, 0.25) is 0 Å². The Bertz CT molecular complexity index is 596. The van der Waals surface area contributed by atoms with Gasteiger partial charge in [0.1, 0.15) is 17.4 Å². The van der Waals surface area contributed by atoms with E-state index in [1.165, 1.54) is 6.92 Å². The first-order valence-corrected chi connectivity index (χ1v) is 5.72. The molecule has 2 nitrogen and oxygen atoms in total. The Hall–Kier alpha value is -2.23. The fourth-order valence-corrected chi connectivity index (χ4v) is 1.54. The summed E-state index contributed by atoms with van der Waals surface area (Å²) < 4.78 is 31.7. The lowest BCUT2D eigenvalue weighted by atomic mass is 10.1. The molecule has 0 saturated carbocycles. The summed E-state index contributed by atoms with van der Waals surface area (Å²) in [5, 5.41) is 0. The monoisotopic (exact) mass is 262 g/mol. The quantitative estimate of drug-likeness (QED) is 0.607. The Balaban J connectivity index is 2.23. The average molecular weight is 262 g/mol. The zero-order valence-corrected chi connectivity index (χ0v) is 10.5. The molecule has 0 aliphatic rings. The molecule has 0 aliphatic carbocycles. The van der Waals surface area contributed by atoms with Crippen molar-refractivity contribution in [3.05, 3.63) is 64.7 Å². The second-order valence-corrected chi connectivity index (χ2v) is 4.27. The zero-order chi connectivity index (χ0) is 14.0. The van der Waals surface area contributed by atoms with Crippen molar-refractivity contribution in [1.29, 1.82) is 0 Å². The highest BCUT2D eigenvalue weighted by Crippen LogP contribution is 2.17. The van der Waals surface area contributed by atoms with Crippen LogP contribution < -0.4 is 4.74 Å². The van der Waals surface area contributed by atoms with Crippen LogP contribution in [0.15, 0.2) is 36.4 Å². The predicted molar refractivity (Wildman–Crippen MR) is 67.2 cm³/mol. The Morgan fingerprint density at radius 1 is 1.00 bits per heavy atom. The van der Waals surface area contributed by atoms with Crippen molar-refractivity contribution in [2.45, 2.75) is 13.8 Å². The normalized spacial score (nSPS) is 10.3. The minimum absolute atomic E-state index is 0.119. The molecule has 2 aromatic carbocycles. The summed E-state index contributed by atoms with van der Waals surface area (Å²) >= 11 is 0. The molecular formula is C15H12F2O2. The van der Waals surface area contributed by atoms with Crippen LogP contribution in [0.3, 0.4) is 0 Å². The number of carbonyl (C=O) groups is 1. The predicted octanol–water partition coefficient (Wildman–Crippen LogP) is 3.80. The van der Waals surface area contributed by atoms with Gasteiger partial charge in [0.05, 0.1) is 5.56 Å². The molecular weight excluding hydrogens is 250 g/mol. The second kappa shape index (κ2) is 5.18. The van der Waals surface area contributed by atoms with E-state index in [9.17, 15) is 13.6 Å². The van der Waals surface area contributed by atoms with Gasteiger partial charge in [-0.15, -0.1) is 0 Å². The summed E-state index contributed by atoms with van der Waals surface area (Å²) in [4.78, 5) is 11.8. The SMILES string of the molecule is Cc1ccc(OC(=O)c2cc(F)c(C)c(F)c2)cc1. The smallest absolute Gasteiger partial charge is 0.343 e. The van der Waals surface area contributed by atoms with Gasteiger partial charge in [-0.2, -0.15) is 0 Å². The van der Waals surface area contributed by atoms with Crippen molar-refractivity contribution in [1.82, 2.24) is 0 Å². The number of aryl methyl sites for hydroxylation is 1. The third-order valence-corrected chi connectivity index (χ3v) is 2.75. The molecule has 0 atom stereocenters. The van der Waals surface area contributed by atoms with Crippen molar-refractivity contribution in [2.75, 3.05) is 0 Å². The van der Waals surface area contributed by atoms with Gasteiger partial charge in [-0.25, -0.2) is 13.6 Å². The molecule has 2 aromatic rings. The molecule has 4 heteroatoms. The molecule has 0 unspecified atom stereocenters. The Morgan fingerprint density at radius 2 is 1.53 bits per heavy atom. The van der Waals surface area contributed by atoms with Gasteiger partial charge in [0.15, 0.2) is 0 Å². The van der Waals surface area contributed by atoms with Gasteiger partial charge < -0.3 is 4.74 Å². The summed E-state index contributed by atoms with van der Waals surface area (Å²) in [6.45, 7) is 3.20. The topological polar surface area (TPSA) is 26.3 Å². The number of ether oxygens (including phenoxy) is 1. The molecule has 2 rings (SSSR count). The van der Waals surface area contributed by atoms with E-state index in [2.05, 4.69) is 0 Å². The van der Waals surface area contributed by atoms with E-state index in [0.29, 0.717) is 5.75 Å². The highest BCUT2D eigenvalue weighted by molar-refractivity contribution is 5.91. The highest BCUT2D eigenvalue weighted by atomic mass is 19.1. The summed E-state index contributed by atoms with van der Waals surface area (Å²) in [5.74, 6) is -2.00. The molecule has 0 bridgehead atoms. The summed E-state index contributed by atoms with van der Waals surface area (Å²) in [7, 11) is 0. The van der Waals surface area contributed by atoms with Crippen molar-refractivity contribution in [3.63, 3.8) is 0 Å². The van der Waals surface area contributed by atoms with E-state index in [-0.39, 0.29) is 11.1 Å². The molecule has 0 heterocycles. The first-order valence-electron chi connectivity index (χ1n) is 5.72. The van der Waals surface area contributed by atoms with E-state index >= 15 is 0 Å². The molecule has 0 fully saturated rings. The third kappa shape index (κ3) is 2.96. The summed E-state index contributed by atoms with van der Waals surface area (Å²) in [6, 6.07) is 8.73. The van der Waals surface area contributed by atoms with Gasteiger partial charge in [0.2, 0.25) is 0 Å². The van der Waals surface area contributed by atoms with Crippen LogP contribution in [-0.4, -0.2) is 5.97 Å². The van der Waals surface area contributed by atoms with Crippen molar-refractivity contribution in [2.24, 2.45) is 0 Å². The molecule has 0 aliphatic heterocycles. The van der Waals surface area contributed by atoms with Crippen LogP contribution in [0.1, 0.15) is 21.5 Å². The van der Waals surface area contributed by atoms with Gasteiger partial charge in [0.25, 0.3) is 0 Å². The van der Waals surface area contributed by atoms with E-state index in [0.717, 1.165) is 17.7 Å². The van der Waals surface area contributed by atoms with Crippen molar-refractivity contribution in [3.8, 4) is 5.75 Å². The molecule has 0 amide bonds. The minimum atomic E-state index is -0.790. The summed E-state index contributed by atoms with van der Waals surface area (Å²) in [5.41, 5.74) is 0.750. The number of hydrogen-bond donors (Lipinski definition) is 0. The maximum Gasteiger partial charge on any atom is 0.343 e. The number of carbonyl (C=O) groups excluding carboxylic acids is 1. The first kappa shape index (κ1) is 13.2. The first-order chi connectivity index (χ1) is 8.97. The standard InChI is InChI=1S/C15H12F2O2/c1-9-3-5-12(6-4-9)19-15(18)11-7-13(16)10(2)14(17)8-11/h3-8H,1-2H3. The van der Waals surface area contributed by atoms with E-state index in [1.54, 1.807) is 24.3 Å². The van der Waals surface area contributed by atoms with E-state index in [4.69, 9.17) is 4.74 Å². The summed E-state index contributed by atoms with van der Waals surface area (Å²) in [6.07, 6.45) is 0. The van der Waals surface area contributed by atoms with Gasteiger partial charge in [-0.3, -0.25) is 0 Å². The van der Waals surface area contributed by atoms with Crippen LogP contribution in [0, 0.1) is 25.5 Å². The lowest BCUT2D eigenvalue weighted by molar-refractivity contribution is 0.0733. The highest BCUT2D eigenvalue weighted by Gasteiger charge is 2.14. The van der Waals surface area contributed by atoms with Crippen molar-refractivity contribution >= 4 is 5.97 Å². The number of hydrogen-bond acceptors (Lipinski definition) is 2. The second-order valence-electron chi connectivity index (χ2n) is 4.27. The number of halogens is 2. The number of esters is 1. The maximum absolute atomic E-state index is 13.3. The molecule has 19 heavy (non-hydrogen) atoms. The van der Waals surface area contributed by atoms with Crippen LogP contribution in [0.4, 0.5) is 8.78 Å². The van der Waals surface area contributed by atoms with Crippen LogP contribution in [0.5, 0.6) is 5.75 Å². The molecule has 0 radical (unpaired) electrons. The fourth-order valence-electron chi connectivity index (χ4n) is 1.54. The Kier molecular flexibility index (Phi) is 3.60. The van der Waals surface area contributed by atoms with Gasteiger partial charge in [0, 0.05) is 5.56 Å². The fraction of sp³-hybridized carbons (Fsp3) is 0.133. The van der Waals surface area contributed by atoms with E-state index in [1.807, 2.05) is 6.92 Å². The maximum atomic E-state index is 13.3. The largest absolute Gasteiger partial charge is 0.423 e. The lowest BCUT2D eigenvalue weighted by Crippen LogP contribution is -2.10. The van der Waals surface area contributed by atoms with Gasteiger partial charge in [-0.1, -0.05) is 17.7 Å². The third-order valence-electron chi connectivity index (χ3n) is 2.75. The molecule has 98 valence electrons. The van der Waals surface area contributed by atoms with Gasteiger partial charge in [-0.05, 0) is 38.1 Å². The van der Waals surface area contributed by atoms with Crippen LogP contribution in [0.25, 0.3) is 0 Å². The Morgan fingerprint density at radius 3 is 2.05 bits per heavy atom. The average Bonchev–Trinajstić information content (AvgIpc) is 2.38. The van der Waals surface area contributed by atoms with Crippen LogP contribution >= 0.6 is 0 Å². The van der Waals surface area contributed by atoms with Gasteiger partial charge >= 0.3 is 5.97 Å². The van der Waals surface area contributed by atoms with E-state index < -0.39 is 17.6 Å². The lowest BCUT2D eigenvalue weighted by Gasteiger charge is -2.06. The Labute approximate surface area is 109 Å². The van der Waals surface area contributed by atoms with Crippen LogP contribution in [-0.2, 0) is 0 Å². The molecule has 0 N–H and O–H groups in total. The molecule has 0 spiro atoms. The van der Waals surface area contributed by atoms with Crippen molar-refractivity contribution < 1.29 is 18.3 Å². The molecule has 0 aromatic heterocycles. The zero-order valence-electron chi connectivity index (χ0n) is 10.5.